The number of carbonyl (C=O) groups excluding carboxylic acids is 3. The number of aryl methyl sites for hydroxylation is 1. The van der Waals surface area contributed by atoms with Crippen LogP contribution in [0.25, 0.3) is 0 Å². The lowest BCUT2D eigenvalue weighted by atomic mass is 10.1. The van der Waals surface area contributed by atoms with Crippen molar-refractivity contribution in [2.45, 2.75) is 46.8 Å². The second-order valence-corrected chi connectivity index (χ2v) is 6.51. The van der Waals surface area contributed by atoms with Crippen molar-refractivity contribution >= 4 is 17.7 Å². The van der Waals surface area contributed by atoms with E-state index in [-0.39, 0.29) is 23.3 Å². The average Bonchev–Trinajstić information content (AvgIpc) is 2.89. The molecule has 7 heteroatoms. The van der Waals surface area contributed by atoms with E-state index in [1.54, 1.807) is 32.9 Å². The Kier molecular flexibility index (Phi) is 6.15. The van der Waals surface area contributed by atoms with Crippen molar-refractivity contribution in [3.8, 4) is 0 Å². The number of benzene rings is 1. The summed E-state index contributed by atoms with van der Waals surface area (Å²) in [4.78, 5) is 39.2. The standard InChI is InChI=1S/C20H23FN2O4/c1-10-17(13(4)24)12(3)22-18(10)20(26)27-14(5)19(25)23-11(2)15-6-8-16(21)9-7-15/h6-9,11,14,22H,1-5H3,(H,23,25)/t11-,14-/m0/s1. The fourth-order valence-corrected chi connectivity index (χ4v) is 2.92. The fourth-order valence-electron chi connectivity index (χ4n) is 2.92. The van der Waals surface area contributed by atoms with Gasteiger partial charge in [-0.25, -0.2) is 9.18 Å². The zero-order valence-electron chi connectivity index (χ0n) is 16.0. The molecule has 0 aliphatic rings. The van der Waals surface area contributed by atoms with Gasteiger partial charge < -0.3 is 15.0 Å². The van der Waals surface area contributed by atoms with Gasteiger partial charge in [0.15, 0.2) is 11.9 Å². The Morgan fingerprint density at radius 2 is 1.70 bits per heavy atom. The number of Topliss-reactive ketones (excluding diaryl/α,β-unsaturated/α-hetero) is 1. The Labute approximate surface area is 157 Å². The second-order valence-electron chi connectivity index (χ2n) is 6.51. The Balaban J connectivity index is 2.03. The van der Waals surface area contributed by atoms with Gasteiger partial charge in [-0.05, 0) is 57.9 Å². The number of ether oxygens (including phenoxy) is 1. The first kappa shape index (κ1) is 20.4. The van der Waals surface area contributed by atoms with Crippen molar-refractivity contribution in [3.63, 3.8) is 0 Å². The molecule has 2 N–H and O–H groups in total. The minimum absolute atomic E-state index is 0.154. The van der Waals surface area contributed by atoms with Crippen LogP contribution in [0.15, 0.2) is 24.3 Å². The molecule has 2 atom stereocenters. The van der Waals surface area contributed by atoms with E-state index in [0.29, 0.717) is 16.8 Å². The van der Waals surface area contributed by atoms with Gasteiger partial charge in [-0.2, -0.15) is 0 Å². The number of hydrogen-bond donors (Lipinski definition) is 2. The maximum absolute atomic E-state index is 13.0. The number of amides is 1. The molecule has 0 saturated carbocycles. The van der Waals surface area contributed by atoms with Crippen molar-refractivity contribution < 1.29 is 23.5 Å². The van der Waals surface area contributed by atoms with Gasteiger partial charge in [-0.15, -0.1) is 0 Å². The second kappa shape index (κ2) is 8.16. The quantitative estimate of drug-likeness (QED) is 0.599. The summed E-state index contributed by atoms with van der Waals surface area (Å²) >= 11 is 0. The summed E-state index contributed by atoms with van der Waals surface area (Å²) < 4.78 is 18.2. The number of ketones is 1. The summed E-state index contributed by atoms with van der Waals surface area (Å²) in [6.45, 7) is 7.98. The molecule has 0 unspecified atom stereocenters. The third-order valence-electron chi connectivity index (χ3n) is 4.38. The maximum atomic E-state index is 13.0. The summed E-state index contributed by atoms with van der Waals surface area (Å²) in [6.07, 6.45) is -1.04. The van der Waals surface area contributed by atoms with Crippen molar-refractivity contribution in [1.29, 1.82) is 0 Å². The lowest BCUT2D eigenvalue weighted by Gasteiger charge is -2.18. The largest absolute Gasteiger partial charge is 0.448 e. The Hall–Kier alpha value is -2.96. The van der Waals surface area contributed by atoms with Gasteiger partial charge in [-0.3, -0.25) is 9.59 Å². The molecule has 2 aromatic rings. The van der Waals surface area contributed by atoms with Gasteiger partial charge in [0.25, 0.3) is 5.91 Å². The molecule has 6 nitrogen and oxygen atoms in total. The van der Waals surface area contributed by atoms with E-state index in [9.17, 15) is 18.8 Å². The Bertz CT molecular complexity index is 871. The van der Waals surface area contributed by atoms with Crippen LogP contribution in [-0.2, 0) is 9.53 Å². The van der Waals surface area contributed by atoms with Gasteiger partial charge in [0.2, 0.25) is 0 Å². The minimum Gasteiger partial charge on any atom is -0.448 e. The lowest BCUT2D eigenvalue weighted by molar-refractivity contribution is -0.129. The number of rotatable bonds is 6. The van der Waals surface area contributed by atoms with Gasteiger partial charge in [-0.1, -0.05) is 12.1 Å². The summed E-state index contributed by atoms with van der Waals surface area (Å²) in [6, 6.07) is 5.39. The van der Waals surface area contributed by atoms with Crippen LogP contribution in [0.3, 0.4) is 0 Å². The van der Waals surface area contributed by atoms with Crippen molar-refractivity contribution in [2.24, 2.45) is 0 Å². The summed E-state index contributed by atoms with van der Waals surface area (Å²) in [5, 5.41) is 2.72. The first-order chi connectivity index (χ1) is 12.6. The highest BCUT2D eigenvalue weighted by Gasteiger charge is 2.25. The third kappa shape index (κ3) is 4.61. The Morgan fingerprint density at radius 3 is 2.22 bits per heavy atom. The highest BCUT2D eigenvalue weighted by atomic mass is 19.1. The molecule has 1 heterocycles. The minimum atomic E-state index is -1.04. The molecule has 0 aliphatic carbocycles. The molecule has 0 aliphatic heterocycles. The smallest absolute Gasteiger partial charge is 0.355 e. The van der Waals surface area contributed by atoms with Gasteiger partial charge in [0.05, 0.1) is 6.04 Å². The van der Waals surface area contributed by atoms with Crippen LogP contribution in [0.1, 0.15) is 64.5 Å². The summed E-state index contributed by atoms with van der Waals surface area (Å²) in [7, 11) is 0. The molecule has 1 amide bonds. The van der Waals surface area contributed by atoms with Crippen LogP contribution in [0.2, 0.25) is 0 Å². The predicted octanol–water partition coefficient (Wildman–Crippen LogP) is 3.40. The highest BCUT2D eigenvalue weighted by Crippen LogP contribution is 2.20. The maximum Gasteiger partial charge on any atom is 0.355 e. The van der Waals surface area contributed by atoms with E-state index in [0.717, 1.165) is 5.56 Å². The SMILES string of the molecule is CC(=O)c1c(C)[nH]c(C(=O)O[C@@H](C)C(=O)N[C@@H](C)c2ccc(F)cc2)c1C. The number of hydrogen-bond acceptors (Lipinski definition) is 4. The normalized spacial score (nSPS) is 13.0. The van der Waals surface area contributed by atoms with Crippen LogP contribution in [0, 0.1) is 19.7 Å². The molecule has 1 aromatic carbocycles. The number of H-pyrrole nitrogens is 1. The van der Waals surface area contributed by atoms with Gasteiger partial charge in [0.1, 0.15) is 11.5 Å². The van der Waals surface area contributed by atoms with Crippen molar-refractivity contribution in [1.82, 2.24) is 10.3 Å². The first-order valence-corrected chi connectivity index (χ1v) is 8.58. The number of carbonyl (C=O) groups is 3. The van der Waals surface area contributed by atoms with Gasteiger partial charge in [0, 0.05) is 11.3 Å². The number of aromatic amines is 1. The van der Waals surface area contributed by atoms with Crippen LogP contribution >= 0.6 is 0 Å². The average molecular weight is 374 g/mol. The molecule has 0 spiro atoms. The van der Waals surface area contributed by atoms with Crippen LogP contribution in [-0.4, -0.2) is 28.7 Å². The van der Waals surface area contributed by atoms with Crippen molar-refractivity contribution in [2.75, 3.05) is 0 Å². The van der Waals surface area contributed by atoms with E-state index >= 15 is 0 Å². The van der Waals surface area contributed by atoms with Gasteiger partial charge >= 0.3 is 5.97 Å². The lowest BCUT2D eigenvalue weighted by Crippen LogP contribution is -2.37. The summed E-state index contributed by atoms with van der Waals surface area (Å²) in [5.74, 6) is -1.70. The number of esters is 1. The van der Waals surface area contributed by atoms with E-state index in [2.05, 4.69) is 10.3 Å². The predicted molar refractivity (Wildman–Crippen MR) is 98.1 cm³/mol. The molecule has 0 radical (unpaired) electrons. The van der Waals surface area contributed by atoms with Crippen LogP contribution in [0.4, 0.5) is 4.39 Å². The first-order valence-electron chi connectivity index (χ1n) is 8.58. The molecule has 1 aromatic heterocycles. The molecule has 0 fully saturated rings. The molecular formula is C20H23FN2O4. The number of aromatic nitrogens is 1. The summed E-state index contributed by atoms with van der Waals surface area (Å²) in [5.41, 5.74) is 2.41. The van der Waals surface area contributed by atoms with Crippen LogP contribution < -0.4 is 5.32 Å². The molecule has 0 bridgehead atoms. The molecule has 2 rings (SSSR count). The molecule has 144 valence electrons. The van der Waals surface area contributed by atoms with Crippen LogP contribution in [0.5, 0.6) is 0 Å². The number of nitrogens with one attached hydrogen (secondary N) is 2. The molecular weight excluding hydrogens is 351 g/mol. The topological polar surface area (TPSA) is 88.3 Å². The Morgan fingerprint density at radius 1 is 1.11 bits per heavy atom. The van der Waals surface area contributed by atoms with E-state index in [1.807, 2.05) is 0 Å². The van der Waals surface area contributed by atoms with E-state index < -0.39 is 18.0 Å². The number of halogens is 1. The molecule has 0 saturated heterocycles. The van der Waals surface area contributed by atoms with E-state index in [1.165, 1.54) is 26.0 Å². The van der Waals surface area contributed by atoms with Crippen molar-refractivity contribution in [3.05, 3.63) is 58.2 Å². The third-order valence-corrected chi connectivity index (χ3v) is 4.38. The van der Waals surface area contributed by atoms with E-state index in [4.69, 9.17) is 4.74 Å². The fraction of sp³-hybridized carbons (Fsp3) is 0.350. The zero-order valence-corrected chi connectivity index (χ0v) is 16.0. The highest BCUT2D eigenvalue weighted by molar-refractivity contribution is 6.01. The monoisotopic (exact) mass is 374 g/mol. The zero-order chi connectivity index (χ0) is 20.3. The molecule has 27 heavy (non-hydrogen) atoms.